The lowest BCUT2D eigenvalue weighted by Gasteiger charge is -2.13. The maximum Gasteiger partial charge on any atom is 0.160 e. The van der Waals surface area contributed by atoms with Crippen molar-refractivity contribution in [3.8, 4) is 0 Å². The Morgan fingerprint density at radius 1 is 1.56 bits per heavy atom. The summed E-state index contributed by atoms with van der Waals surface area (Å²) in [7, 11) is 0. The van der Waals surface area contributed by atoms with Gasteiger partial charge in [-0.05, 0) is 25.0 Å². The fourth-order valence-corrected chi connectivity index (χ4v) is 2.70. The second-order valence-corrected chi connectivity index (χ2v) is 5.03. The van der Waals surface area contributed by atoms with Crippen molar-refractivity contribution >= 4 is 22.8 Å². The molecule has 1 atom stereocenters. The van der Waals surface area contributed by atoms with Crippen LogP contribution in [0.3, 0.4) is 0 Å². The lowest BCUT2D eigenvalue weighted by atomic mass is 10.2. The van der Waals surface area contributed by atoms with Crippen LogP contribution in [0.4, 0.5) is 0 Å². The average molecular weight is 266 g/mol. The molecule has 18 heavy (non-hydrogen) atoms. The summed E-state index contributed by atoms with van der Waals surface area (Å²) in [4.78, 5) is 9.20. The number of aryl methyl sites for hydroxylation is 2. The molecule has 4 nitrogen and oxygen atoms in total. The van der Waals surface area contributed by atoms with Crippen LogP contribution in [0.25, 0.3) is 11.2 Å². The summed E-state index contributed by atoms with van der Waals surface area (Å²) in [5.74, 6) is 1.60. The smallest absolute Gasteiger partial charge is 0.160 e. The van der Waals surface area contributed by atoms with Crippen molar-refractivity contribution in [2.24, 2.45) is 0 Å². The highest BCUT2D eigenvalue weighted by molar-refractivity contribution is 6.17. The predicted molar refractivity (Wildman–Crippen MR) is 71.2 cm³/mol. The standard InChI is InChI=1S/C13H16ClN3O/c1-9-3-6-15-13-12(9)16-11(2-5-14)17(13)10-4-7-18-8-10/h3,6,10H,2,4-5,7-8H2,1H3. The maximum atomic E-state index is 5.88. The van der Waals surface area contributed by atoms with E-state index in [9.17, 15) is 0 Å². The van der Waals surface area contributed by atoms with Gasteiger partial charge in [-0.25, -0.2) is 9.97 Å². The van der Waals surface area contributed by atoms with Gasteiger partial charge in [-0.1, -0.05) is 0 Å². The van der Waals surface area contributed by atoms with E-state index in [0.29, 0.717) is 11.9 Å². The highest BCUT2D eigenvalue weighted by atomic mass is 35.5. The summed E-state index contributed by atoms with van der Waals surface area (Å²) in [6.45, 7) is 3.63. The minimum Gasteiger partial charge on any atom is -0.379 e. The number of hydrogen-bond donors (Lipinski definition) is 0. The highest BCUT2D eigenvalue weighted by Gasteiger charge is 2.24. The van der Waals surface area contributed by atoms with Crippen LogP contribution in [0, 0.1) is 6.92 Å². The molecule has 3 rings (SSSR count). The fourth-order valence-electron chi connectivity index (χ4n) is 2.53. The van der Waals surface area contributed by atoms with Gasteiger partial charge in [0.2, 0.25) is 0 Å². The molecule has 0 aromatic carbocycles. The monoisotopic (exact) mass is 265 g/mol. The summed E-state index contributed by atoms with van der Waals surface area (Å²) in [6.07, 6.45) is 3.64. The van der Waals surface area contributed by atoms with Crippen LogP contribution in [-0.2, 0) is 11.2 Å². The molecule has 5 heteroatoms. The number of alkyl halides is 1. The van der Waals surface area contributed by atoms with Crippen LogP contribution in [0.2, 0.25) is 0 Å². The van der Waals surface area contributed by atoms with Gasteiger partial charge in [0.1, 0.15) is 11.3 Å². The topological polar surface area (TPSA) is 39.9 Å². The average Bonchev–Trinajstić information content (AvgIpc) is 2.96. The van der Waals surface area contributed by atoms with Crippen molar-refractivity contribution in [1.29, 1.82) is 0 Å². The Morgan fingerprint density at radius 3 is 3.17 bits per heavy atom. The first-order chi connectivity index (χ1) is 8.81. The Balaban J connectivity index is 2.18. The van der Waals surface area contributed by atoms with Crippen LogP contribution >= 0.6 is 11.6 Å². The van der Waals surface area contributed by atoms with Gasteiger partial charge in [-0.15, -0.1) is 11.6 Å². The van der Waals surface area contributed by atoms with Gasteiger partial charge in [-0.2, -0.15) is 0 Å². The number of hydrogen-bond acceptors (Lipinski definition) is 3. The van der Waals surface area contributed by atoms with Gasteiger partial charge in [0.25, 0.3) is 0 Å². The van der Waals surface area contributed by atoms with Crippen LogP contribution in [0.1, 0.15) is 23.9 Å². The Bertz CT molecular complexity index is 561. The third-order valence-corrected chi connectivity index (χ3v) is 3.63. The lowest BCUT2D eigenvalue weighted by molar-refractivity contribution is 0.186. The molecule has 1 aliphatic heterocycles. The quantitative estimate of drug-likeness (QED) is 0.801. The van der Waals surface area contributed by atoms with E-state index in [0.717, 1.165) is 48.6 Å². The van der Waals surface area contributed by atoms with Gasteiger partial charge >= 0.3 is 0 Å². The number of rotatable bonds is 3. The van der Waals surface area contributed by atoms with E-state index < -0.39 is 0 Å². The second kappa shape index (κ2) is 4.86. The van der Waals surface area contributed by atoms with Gasteiger partial charge in [0.15, 0.2) is 5.65 Å². The summed E-state index contributed by atoms with van der Waals surface area (Å²) < 4.78 is 7.70. The molecule has 3 heterocycles. The van der Waals surface area contributed by atoms with E-state index in [-0.39, 0.29) is 0 Å². The molecule has 0 spiro atoms. The molecule has 0 radical (unpaired) electrons. The molecule has 1 aliphatic rings. The Morgan fingerprint density at radius 2 is 2.44 bits per heavy atom. The van der Waals surface area contributed by atoms with Crippen LogP contribution in [-0.4, -0.2) is 33.6 Å². The van der Waals surface area contributed by atoms with E-state index in [1.54, 1.807) is 0 Å². The van der Waals surface area contributed by atoms with Crippen molar-refractivity contribution < 1.29 is 4.74 Å². The SMILES string of the molecule is Cc1ccnc2c1nc(CCCl)n2C1CCOC1. The van der Waals surface area contributed by atoms with Gasteiger partial charge in [-0.3, -0.25) is 0 Å². The first kappa shape index (κ1) is 11.9. The molecule has 0 bridgehead atoms. The van der Waals surface area contributed by atoms with Crippen molar-refractivity contribution in [3.63, 3.8) is 0 Å². The third kappa shape index (κ3) is 1.89. The molecule has 0 saturated carbocycles. The fraction of sp³-hybridized carbons (Fsp3) is 0.538. The Kier molecular flexibility index (Phi) is 3.22. The zero-order valence-electron chi connectivity index (χ0n) is 10.4. The van der Waals surface area contributed by atoms with E-state index in [2.05, 4.69) is 16.5 Å². The summed E-state index contributed by atoms with van der Waals surface area (Å²) >= 11 is 5.88. The summed E-state index contributed by atoms with van der Waals surface area (Å²) in [5.41, 5.74) is 3.11. The van der Waals surface area contributed by atoms with Crippen molar-refractivity contribution in [3.05, 3.63) is 23.7 Å². The van der Waals surface area contributed by atoms with Crippen molar-refractivity contribution in [2.45, 2.75) is 25.8 Å². The van der Waals surface area contributed by atoms with E-state index >= 15 is 0 Å². The van der Waals surface area contributed by atoms with Crippen molar-refractivity contribution in [2.75, 3.05) is 19.1 Å². The molecule has 0 amide bonds. The normalized spacial score (nSPS) is 19.8. The summed E-state index contributed by atoms with van der Waals surface area (Å²) in [6, 6.07) is 2.34. The molecule has 0 aliphatic carbocycles. The number of pyridine rings is 1. The zero-order valence-corrected chi connectivity index (χ0v) is 11.2. The van der Waals surface area contributed by atoms with Crippen molar-refractivity contribution in [1.82, 2.24) is 14.5 Å². The predicted octanol–water partition coefficient (Wildman–Crippen LogP) is 2.48. The van der Waals surface area contributed by atoms with Crippen LogP contribution in [0.5, 0.6) is 0 Å². The van der Waals surface area contributed by atoms with Gasteiger partial charge in [0, 0.05) is 25.1 Å². The third-order valence-electron chi connectivity index (χ3n) is 3.44. The minimum absolute atomic E-state index is 0.350. The van der Waals surface area contributed by atoms with Gasteiger partial charge < -0.3 is 9.30 Å². The Hall–Kier alpha value is -1.13. The Labute approximate surface area is 111 Å². The van der Waals surface area contributed by atoms with Gasteiger partial charge in [0.05, 0.1) is 12.6 Å². The number of aromatic nitrogens is 3. The number of imidazole rings is 1. The number of ether oxygens (including phenoxy) is 1. The maximum absolute atomic E-state index is 5.88. The van der Waals surface area contributed by atoms with Crippen LogP contribution in [0.15, 0.2) is 12.3 Å². The van der Waals surface area contributed by atoms with E-state index in [4.69, 9.17) is 21.3 Å². The molecule has 1 saturated heterocycles. The largest absolute Gasteiger partial charge is 0.379 e. The molecule has 96 valence electrons. The molecule has 1 unspecified atom stereocenters. The van der Waals surface area contributed by atoms with E-state index in [1.807, 2.05) is 12.3 Å². The zero-order chi connectivity index (χ0) is 12.5. The highest BCUT2D eigenvalue weighted by Crippen LogP contribution is 2.27. The number of nitrogens with zero attached hydrogens (tertiary/aromatic N) is 3. The first-order valence-corrected chi connectivity index (χ1v) is 6.81. The molecular formula is C13H16ClN3O. The molecule has 1 fully saturated rings. The molecule has 2 aromatic rings. The second-order valence-electron chi connectivity index (χ2n) is 4.65. The first-order valence-electron chi connectivity index (χ1n) is 6.27. The number of fused-ring (bicyclic) bond motifs is 1. The minimum atomic E-state index is 0.350. The molecule has 0 N–H and O–H groups in total. The number of halogens is 1. The molecular weight excluding hydrogens is 250 g/mol. The van der Waals surface area contributed by atoms with E-state index in [1.165, 1.54) is 0 Å². The van der Waals surface area contributed by atoms with Crippen LogP contribution < -0.4 is 0 Å². The summed E-state index contributed by atoms with van der Waals surface area (Å²) in [5, 5.41) is 0. The molecule has 2 aromatic heterocycles. The lowest BCUT2D eigenvalue weighted by Crippen LogP contribution is -2.13.